The topological polar surface area (TPSA) is 59.1 Å². The Kier molecular flexibility index (Phi) is 7.33. The lowest BCUT2D eigenvalue weighted by Crippen LogP contribution is -2.50. The van der Waals surface area contributed by atoms with Crippen LogP contribution in [0.5, 0.6) is 11.5 Å². The van der Waals surface area contributed by atoms with E-state index in [2.05, 4.69) is 0 Å². The van der Waals surface area contributed by atoms with Gasteiger partial charge in [0.25, 0.3) is 5.91 Å². The van der Waals surface area contributed by atoms with Crippen LogP contribution in [0.25, 0.3) is 0 Å². The highest BCUT2D eigenvalue weighted by Crippen LogP contribution is 2.22. The number of benzene rings is 2. The highest BCUT2D eigenvalue weighted by atomic mass is 16.5. The van der Waals surface area contributed by atoms with Crippen molar-refractivity contribution in [1.29, 1.82) is 0 Å². The van der Waals surface area contributed by atoms with E-state index in [1.807, 2.05) is 36.9 Å². The van der Waals surface area contributed by atoms with Crippen molar-refractivity contribution in [2.75, 3.05) is 39.9 Å². The summed E-state index contributed by atoms with van der Waals surface area (Å²) in [5.41, 5.74) is 2.86. The fourth-order valence-electron chi connectivity index (χ4n) is 3.66. The number of hydrogen-bond acceptors (Lipinski definition) is 4. The largest absolute Gasteiger partial charge is 0.497 e. The summed E-state index contributed by atoms with van der Waals surface area (Å²) in [7, 11) is 1.60. The fraction of sp³-hybridized carbons (Fsp3) is 0.417. The van der Waals surface area contributed by atoms with Crippen molar-refractivity contribution in [2.45, 2.75) is 26.7 Å². The first kappa shape index (κ1) is 21.7. The van der Waals surface area contributed by atoms with Crippen molar-refractivity contribution in [3.05, 3.63) is 59.2 Å². The van der Waals surface area contributed by atoms with Crippen molar-refractivity contribution in [2.24, 2.45) is 0 Å². The van der Waals surface area contributed by atoms with Gasteiger partial charge in [-0.25, -0.2) is 0 Å². The molecule has 0 aromatic heterocycles. The Bertz CT molecular complexity index is 851. The molecule has 1 saturated heterocycles. The quantitative estimate of drug-likeness (QED) is 0.656. The Morgan fingerprint density at radius 2 is 1.50 bits per heavy atom. The molecule has 1 fully saturated rings. The summed E-state index contributed by atoms with van der Waals surface area (Å²) in [6, 6.07) is 13.2. The normalized spacial score (nSPS) is 13.8. The maximum Gasteiger partial charge on any atom is 0.253 e. The van der Waals surface area contributed by atoms with Gasteiger partial charge in [0, 0.05) is 38.2 Å². The molecule has 0 aliphatic carbocycles. The van der Waals surface area contributed by atoms with Gasteiger partial charge >= 0.3 is 0 Å². The SMILES string of the molecule is COc1ccc(C(=O)N2CCN(C(=O)CCCOc3c(C)cccc3C)CC2)cc1. The smallest absolute Gasteiger partial charge is 0.253 e. The molecule has 6 nitrogen and oxygen atoms in total. The third-order valence-corrected chi connectivity index (χ3v) is 5.45. The number of aryl methyl sites for hydroxylation is 2. The number of hydrogen-bond donors (Lipinski definition) is 0. The molecule has 6 heteroatoms. The monoisotopic (exact) mass is 410 g/mol. The Balaban J connectivity index is 1.41. The van der Waals surface area contributed by atoms with Crippen LogP contribution in [0.2, 0.25) is 0 Å². The third kappa shape index (κ3) is 5.32. The first-order valence-electron chi connectivity index (χ1n) is 10.4. The van der Waals surface area contributed by atoms with Crippen molar-refractivity contribution < 1.29 is 19.1 Å². The Morgan fingerprint density at radius 3 is 2.10 bits per heavy atom. The lowest BCUT2D eigenvalue weighted by atomic mass is 10.1. The molecule has 0 N–H and O–H groups in total. The molecule has 30 heavy (non-hydrogen) atoms. The van der Waals surface area contributed by atoms with Gasteiger partial charge in [-0.05, 0) is 55.7 Å². The minimum absolute atomic E-state index is 0.00764. The lowest BCUT2D eigenvalue weighted by molar-refractivity contribution is -0.132. The zero-order valence-electron chi connectivity index (χ0n) is 18.0. The van der Waals surface area contributed by atoms with E-state index in [0.717, 1.165) is 22.6 Å². The highest BCUT2D eigenvalue weighted by molar-refractivity contribution is 5.94. The first-order valence-corrected chi connectivity index (χ1v) is 10.4. The molecule has 3 rings (SSSR count). The summed E-state index contributed by atoms with van der Waals surface area (Å²) in [5, 5.41) is 0. The molecule has 2 amide bonds. The number of carbonyl (C=O) groups excluding carboxylic acids is 2. The molecule has 2 aromatic rings. The second-order valence-corrected chi connectivity index (χ2v) is 7.57. The molecule has 160 valence electrons. The number of nitrogens with zero attached hydrogens (tertiary/aromatic N) is 2. The molecule has 0 bridgehead atoms. The molecule has 1 aliphatic heterocycles. The van der Waals surface area contributed by atoms with Crippen LogP contribution in [0, 0.1) is 13.8 Å². The van der Waals surface area contributed by atoms with Crippen LogP contribution >= 0.6 is 0 Å². The Hall–Kier alpha value is -3.02. The van der Waals surface area contributed by atoms with Gasteiger partial charge in [0.1, 0.15) is 11.5 Å². The maximum atomic E-state index is 12.6. The van der Waals surface area contributed by atoms with Crippen molar-refractivity contribution in [3.8, 4) is 11.5 Å². The number of carbonyl (C=O) groups is 2. The number of ether oxygens (including phenoxy) is 2. The number of para-hydroxylation sites is 1. The molecule has 1 heterocycles. The van der Waals surface area contributed by atoms with Crippen molar-refractivity contribution in [1.82, 2.24) is 9.80 Å². The summed E-state index contributed by atoms with van der Waals surface area (Å²) in [4.78, 5) is 28.8. The van der Waals surface area contributed by atoms with Gasteiger partial charge in [0.15, 0.2) is 0 Å². The minimum Gasteiger partial charge on any atom is -0.497 e. The van der Waals surface area contributed by atoms with E-state index < -0.39 is 0 Å². The summed E-state index contributed by atoms with van der Waals surface area (Å²) in [6.07, 6.45) is 1.13. The predicted octanol–water partition coefficient (Wildman–Crippen LogP) is 3.46. The minimum atomic E-state index is -0.00764. The summed E-state index contributed by atoms with van der Waals surface area (Å²) >= 11 is 0. The highest BCUT2D eigenvalue weighted by Gasteiger charge is 2.24. The van der Waals surface area contributed by atoms with Crippen molar-refractivity contribution in [3.63, 3.8) is 0 Å². The summed E-state index contributed by atoms with van der Waals surface area (Å²) in [5.74, 6) is 1.75. The molecule has 2 aromatic carbocycles. The molecule has 0 unspecified atom stereocenters. The number of rotatable bonds is 7. The molecular formula is C24H30N2O4. The van der Waals surface area contributed by atoms with E-state index in [1.165, 1.54) is 0 Å². The van der Waals surface area contributed by atoms with E-state index in [1.54, 1.807) is 36.3 Å². The fourth-order valence-corrected chi connectivity index (χ4v) is 3.66. The van der Waals surface area contributed by atoms with Gasteiger partial charge in [-0.15, -0.1) is 0 Å². The summed E-state index contributed by atoms with van der Waals surface area (Å²) in [6.45, 7) is 6.82. The molecule has 0 saturated carbocycles. The molecule has 0 atom stereocenters. The van der Waals surface area contributed by atoms with Crippen LogP contribution in [-0.2, 0) is 4.79 Å². The van der Waals surface area contributed by atoms with Crippen LogP contribution in [0.15, 0.2) is 42.5 Å². The zero-order valence-corrected chi connectivity index (χ0v) is 18.0. The third-order valence-electron chi connectivity index (χ3n) is 5.45. The maximum absolute atomic E-state index is 12.6. The van der Waals surface area contributed by atoms with Crippen LogP contribution in [0.1, 0.15) is 34.3 Å². The predicted molar refractivity (Wildman–Crippen MR) is 116 cm³/mol. The van der Waals surface area contributed by atoms with Gasteiger partial charge < -0.3 is 19.3 Å². The number of amides is 2. The molecule has 0 spiro atoms. The zero-order chi connectivity index (χ0) is 21.5. The first-order chi connectivity index (χ1) is 14.5. The average Bonchev–Trinajstić information content (AvgIpc) is 2.78. The average molecular weight is 411 g/mol. The molecular weight excluding hydrogens is 380 g/mol. The van der Waals surface area contributed by atoms with Crippen LogP contribution in [0.3, 0.4) is 0 Å². The Labute approximate surface area is 178 Å². The lowest BCUT2D eigenvalue weighted by Gasteiger charge is -2.35. The van der Waals surface area contributed by atoms with E-state index in [0.29, 0.717) is 51.2 Å². The number of piperazine rings is 1. The summed E-state index contributed by atoms with van der Waals surface area (Å²) < 4.78 is 11.0. The standard InChI is InChI=1S/C24H30N2O4/c1-18-6-4-7-19(2)23(18)30-17-5-8-22(27)25-13-15-26(16-14-25)24(28)20-9-11-21(29-3)12-10-20/h4,6-7,9-12H,5,8,13-17H2,1-3H3. The van der Waals surface area contributed by atoms with Gasteiger partial charge in [0.2, 0.25) is 5.91 Å². The van der Waals surface area contributed by atoms with E-state index in [4.69, 9.17) is 9.47 Å². The van der Waals surface area contributed by atoms with E-state index in [-0.39, 0.29) is 11.8 Å². The van der Waals surface area contributed by atoms with Crippen molar-refractivity contribution >= 4 is 11.8 Å². The second-order valence-electron chi connectivity index (χ2n) is 7.57. The van der Waals surface area contributed by atoms with Gasteiger partial charge in [-0.1, -0.05) is 18.2 Å². The second kappa shape index (κ2) is 10.1. The number of methoxy groups -OCH3 is 1. The van der Waals surface area contributed by atoms with Gasteiger partial charge in [-0.2, -0.15) is 0 Å². The van der Waals surface area contributed by atoms with E-state index >= 15 is 0 Å². The van der Waals surface area contributed by atoms with Crippen LogP contribution < -0.4 is 9.47 Å². The van der Waals surface area contributed by atoms with Gasteiger partial charge in [0.05, 0.1) is 13.7 Å². The van der Waals surface area contributed by atoms with Crippen LogP contribution in [-0.4, -0.2) is 61.5 Å². The van der Waals surface area contributed by atoms with E-state index in [9.17, 15) is 9.59 Å². The Morgan fingerprint density at radius 1 is 0.900 bits per heavy atom. The van der Waals surface area contributed by atoms with Gasteiger partial charge in [-0.3, -0.25) is 9.59 Å². The molecule has 0 radical (unpaired) electrons. The van der Waals surface area contributed by atoms with Crippen LogP contribution in [0.4, 0.5) is 0 Å². The molecule has 1 aliphatic rings.